The van der Waals surface area contributed by atoms with Gasteiger partial charge in [-0.1, -0.05) is 0 Å². The molecule has 0 radical (unpaired) electrons. The second kappa shape index (κ2) is 7.01. The van der Waals surface area contributed by atoms with E-state index in [4.69, 9.17) is 4.74 Å². The van der Waals surface area contributed by atoms with Crippen LogP contribution in [0.4, 0.5) is 5.82 Å². The van der Waals surface area contributed by atoms with Crippen LogP contribution in [0.2, 0.25) is 0 Å². The first-order chi connectivity index (χ1) is 9.31. The van der Waals surface area contributed by atoms with Crippen LogP contribution in [0.25, 0.3) is 0 Å². The topological polar surface area (TPSA) is 72.8 Å². The highest BCUT2D eigenvalue weighted by atomic mass is 32.2. The Morgan fingerprint density at radius 2 is 2.21 bits per heavy atom. The monoisotopic (exact) mass is 277 g/mol. The van der Waals surface area contributed by atoms with Gasteiger partial charge >= 0.3 is 0 Å². The van der Waals surface area contributed by atoms with Gasteiger partial charge in [0.2, 0.25) is 0 Å². The molecule has 0 aliphatic carbocycles. The quantitative estimate of drug-likeness (QED) is 0.809. The second-order valence-corrected chi connectivity index (χ2v) is 4.59. The molecule has 0 saturated heterocycles. The summed E-state index contributed by atoms with van der Waals surface area (Å²) in [5, 5.41) is 4.69. The van der Waals surface area contributed by atoms with Gasteiger partial charge in [-0.3, -0.25) is 0 Å². The van der Waals surface area contributed by atoms with Gasteiger partial charge in [-0.2, -0.15) is 0 Å². The van der Waals surface area contributed by atoms with Crippen molar-refractivity contribution in [3.05, 3.63) is 30.5 Å². The fraction of sp³-hybridized carbons (Fsp3) is 0.333. The maximum atomic E-state index is 5.34. The average Bonchev–Trinajstić information content (AvgIpc) is 2.46. The van der Waals surface area contributed by atoms with Crippen LogP contribution in [0.1, 0.15) is 12.7 Å². The second-order valence-electron chi connectivity index (χ2n) is 3.54. The minimum Gasteiger partial charge on any atom is -0.374 e. The summed E-state index contributed by atoms with van der Waals surface area (Å²) in [4.78, 5) is 16.8. The van der Waals surface area contributed by atoms with Crippen molar-refractivity contribution in [2.75, 3.05) is 19.0 Å². The zero-order valence-corrected chi connectivity index (χ0v) is 11.6. The Bertz CT molecular complexity index is 523. The number of nitrogens with one attached hydrogen (secondary N) is 1. The summed E-state index contributed by atoms with van der Waals surface area (Å²) >= 11 is 1.47. The molecule has 6 nitrogen and oxygen atoms in total. The number of aromatic nitrogens is 4. The molecule has 0 spiro atoms. The number of nitrogens with zero attached hydrogens (tertiary/aromatic N) is 4. The molecular weight excluding hydrogens is 262 g/mol. The van der Waals surface area contributed by atoms with E-state index < -0.39 is 0 Å². The van der Waals surface area contributed by atoms with Crippen LogP contribution in [0.5, 0.6) is 0 Å². The van der Waals surface area contributed by atoms with Gasteiger partial charge in [0.1, 0.15) is 28.8 Å². The third-order valence-electron chi connectivity index (χ3n) is 2.20. The van der Waals surface area contributed by atoms with Gasteiger partial charge in [0.25, 0.3) is 0 Å². The van der Waals surface area contributed by atoms with Gasteiger partial charge in [0, 0.05) is 25.9 Å². The smallest absolute Gasteiger partial charge is 0.157 e. The summed E-state index contributed by atoms with van der Waals surface area (Å²) < 4.78 is 5.34. The van der Waals surface area contributed by atoms with Crippen LogP contribution >= 0.6 is 11.8 Å². The van der Waals surface area contributed by atoms with Gasteiger partial charge in [-0.25, -0.2) is 19.9 Å². The van der Waals surface area contributed by atoms with E-state index in [1.54, 1.807) is 6.20 Å². The lowest BCUT2D eigenvalue weighted by Gasteiger charge is -2.07. The average molecular weight is 277 g/mol. The Morgan fingerprint density at radius 1 is 1.32 bits per heavy atom. The molecule has 2 aromatic heterocycles. The number of rotatable bonds is 6. The zero-order valence-electron chi connectivity index (χ0n) is 10.8. The molecule has 7 heteroatoms. The molecule has 1 N–H and O–H groups in total. The third-order valence-corrected chi connectivity index (χ3v) is 3.07. The Labute approximate surface area is 116 Å². The van der Waals surface area contributed by atoms with E-state index in [0.717, 1.165) is 15.9 Å². The predicted octanol–water partition coefficient (Wildman–Crippen LogP) is 2.00. The molecule has 0 atom stereocenters. The summed E-state index contributed by atoms with van der Waals surface area (Å²) in [6.07, 6.45) is 3.22. The molecule has 0 bridgehead atoms. The van der Waals surface area contributed by atoms with E-state index in [0.29, 0.717) is 19.0 Å². The maximum absolute atomic E-state index is 5.34. The van der Waals surface area contributed by atoms with Crippen molar-refractivity contribution in [3.63, 3.8) is 0 Å². The lowest BCUT2D eigenvalue weighted by atomic mass is 10.5. The van der Waals surface area contributed by atoms with Gasteiger partial charge < -0.3 is 10.1 Å². The minimum atomic E-state index is 0.406. The molecule has 2 rings (SSSR count). The van der Waals surface area contributed by atoms with Crippen LogP contribution in [0.15, 0.2) is 34.7 Å². The van der Waals surface area contributed by atoms with Crippen molar-refractivity contribution >= 4 is 17.6 Å². The Hall–Kier alpha value is -1.73. The number of ether oxygens (including phenoxy) is 1. The van der Waals surface area contributed by atoms with Gasteiger partial charge in [-0.15, -0.1) is 0 Å². The molecule has 100 valence electrons. The lowest BCUT2D eigenvalue weighted by Crippen LogP contribution is -2.03. The van der Waals surface area contributed by atoms with E-state index in [1.807, 2.05) is 26.1 Å². The maximum Gasteiger partial charge on any atom is 0.157 e. The largest absolute Gasteiger partial charge is 0.374 e. The third kappa shape index (κ3) is 4.15. The molecule has 0 amide bonds. The van der Waals surface area contributed by atoms with Crippen LogP contribution in [-0.4, -0.2) is 33.6 Å². The van der Waals surface area contributed by atoms with Gasteiger partial charge in [0.05, 0.1) is 0 Å². The molecule has 0 fully saturated rings. The molecule has 2 heterocycles. The molecular formula is C12H15N5OS. The van der Waals surface area contributed by atoms with E-state index in [2.05, 4.69) is 25.3 Å². The van der Waals surface area contributed by atoms with Crippen molar-refractivity contribution in [2.45, 2.75) is 23.6 Å². The Balaban J connectivity index is 2.19. The highest BCUT2D eigenvalue weighted by Crippen LogP contribution is 2.25. The summed E-state index contributed by atoms with van der Waals surface area (Å²) in [7, 11) is 1.83. The number of anilines is 1. The van der Waals surface area contributed by atoms with Crippen LogP contribution in [0.3, 0.4) is 0 Å². The number of hydrogen-bond donors (Lipinski definition) is 1. The molecule has 0 aromatic carbocycles. The van der Waals surface area contributed by atoms with Crippen LogP contribution < -0.4 is 5.32 Å². The van der Waals surface area contributed by atoms with Crippen molar-refractivity contribution < 1.29 is 4.74 Å². The van der Waals surface area contributed by atoms with E-state index in [9.17, 15) is 0 Å². The standard InChI is InChI=1S/C12H15N5OS/c1-3-18-7-10-16-9(13-2)6-12(17-10)19-11-4-5-14-8-15-11/h4-6,8H,3,7H2,1-2H3,(H,13,16,17). The highest BCUT2D eigenvalue weighted by Gasteiger charge is 2.06. The van der Waals surface area contributed by atoms with Crippen molar-refractivity contribution in [3.8, 4) is 0 Å². The van der Waals surface area contributed by atoms with Crippen LogP contribution in [-0.2, 0) is 11.3 Å². The van der Waals surface area contributed by atoms with Gasteiger partial charge in [-0.05, 0) is 24.8 Å². The van der Waals surface area contributed by atoms with Crippen LogP contribution in [0, 0.1) is 0 Å². The molecule has 19 heavy (non-hydrogen) atoms. The van der Waals surface area contributed by atoms with Crippen molar-refractivity contribution in [2.24, 2.45) is 0 Å². The fourth-order valence-electron chi connectivity index (χ4n) is 1.36. The Kier molecular flexibility index (Phi) is 5.05. The fourth-order valence-corrected chi connectivity index (χ4v) is 2.12. The highest BCUT2D eigenvalue weighted by molar-refractivity contribution is 7.99. The molecule has 0 unspecified atom stereocenters. The Morgan fingerprint density at radius 3 is 2.89 bits per heavy atom. The van der Waals surface area contributed by atoms with Gasteiger partial charge in [0.15, 0.2) is 5.82 Å². The summed E-state index contributed by atoms with van der Waals surface area (Å²) in [6.45, 7) is 2.99. The number of hydrogen-bond acceptors (Lipinski definition) is 7. The summed E-state index contributed by atoms with van der Waals surface area (Å²) in [5.41, 5.74) is 0. The first-order valence-electron chi connectivity index (χ1n) is 5.89. The SMILES string of the molecule is CCOCc1nc(NC)cc(Sc2ccncn2)n1. The minimum absolute atomic E-state index is 0.406. The van der Waals surface area contributed by atoms with Crippen molar-refractivity contribution in [1.29, 1.82) is 0 Å². The normalized spacial score (nSPS) is 10.4. The lowest BCUT2D eigenvalue weighted by molar-refractivity contribution is 0.128. The zero-order chi connectivity index (χ0) is 13.5. The van der Waals surface area contributed by atoms with E-state index in [1.165, 1.54) is 18.1 Å². The summed E-state index contributed by atoms with van der Waals surface area (Å²) in [5.74, 6) is 1.42. The molecule has 2 aromatic rings. The molecule has 0 aliphatic heterocycles. The van der Waals surface area contributed by atoms with Crippen molar-refractivity contribution in [1.82, 2.24) is 19.9 Å². The predicted molar refractivity (Wildman–Crippen MR) is 73.1 cm³/mol. The van der Waals surface area contributed by atoms with E-state index >= 15 is 0 Å². The summed E-state index contributed by atoms with van der Waals surface area (Å²) in [6, 6.07) is 3.72. The molecule has 0 saturated carbocycles. The molecule has 0 aliphatic rings. The van der Waals surface area contributed by atoms with E-state index in [-0.39, 0.29) is 0 Å². The first kappa shape index (κ1) is 13.7. The first-order valence-corrected chi connectivity index (χ1v) is 6.70.